The largest absolute Gasteiger partial charge is 0.379 e. The van der Waals surface area contributed by atoms with Crippen molar-refractivity contribution in [3.63, 3.8) is 0 Å². The predicted molar refractivity (Wildman–Crippen MR) is 126 cm³/mol. The fourth-order valence-corrected chi connectivity index (χ4v) is 3.77. The van der Waals surface area contributed by atoms with E-state index in [0.29, 0.717) is 33.3 Å². The molecule has 8 nitrogen and oxygen atoms in total. The second-order valence-corrected chi connectivity index (χ2v) is 8.17. The van der Waals surface area contributed by atoms with Crippen LogP contribution in [0.1, 0.15) is 27.1 Å². The van der Waals surface area contributed by atoms with Crippen molar-refractivity contribution in [3.8, 4) is 11.1 Å². The van der Waals surface area contributed by atoms with Crippen LogP contribution in [0, 0.1) is 0 Å². The number of rotatable bonds is 7. The van der Waals surface area contributed by atoms with Gasteiger partial charge in [0.2, 0.25) is 0 Å². The number of nitrogens with one attached hydrogen (secondary N) is 1. The lowest BCUT2D eigenvalue weighted by Gasteiger charge is -2.26. The lowest BCUT2D eigenvalue weighted by atomic mass is 9.99. The van der Waals surface area contributed by atoms with Crippen molar-refractivity contribution in [1.29, 1.82) is 0 Å². The first-order chi connectivity index (χ1) is 15.3. The Bertz CT molecular complexity index is 1020. The van der Waals surface area contributed by atoms with Crippen LogP contribution in [0.15, 0.2) is 41.4 Å². The summed E-state index contributed by atoms with van der Waals surface area (Å²) in [6.07, 6.45) is 0.797. The van der Waals surface area contributed by atoms with Crippen LogP contribution in [-0.2, 0) is 4.74 Å². The molecule has 1 saturated heterocycles. The summed E-state index contributed by atoms with van der Waals surface area (Å²) in [5.41, 5.74) is 12.3. The van der Waals surface area contributed by atoms with Gasteiger partial charge in [-0.1, -0.05) is 23.2 Å². The average molecular weight is 478 g/mol. The van der Waals surface area contributed by atoms with Crippen molar-refractivity contribution in [2.75, 3.05) is 39.4 Å². The standard InChI is InChI=1S/C22H25Cl2N5O3/c23-17-2-3-19(24)18(13-17)14-10-15(12-16(11-14)21(31)28-22(25)26)20(30)27-4-1-5-29-6-8-32-9-7-29/h2-3,10-13H,1,4-9H2,(H,27,30)(H4,25,26,28,31). The molecule has 2 aromatic rings. The van der Waals surface area contributed by atoms with Gasteiger partial charge in [-0.2, -0.15) is 4.99 Å². The highest BCUT2D eigenvalue weighted by molar-refractivity contribution is 6.35. The lowest BCUT2D eigenvalue weighted by molar-refractivity contribution is 0.0374. The first kappa shape index (κ1) is 24.0. The van der Waals surface area contributed by atoms with E-state index in [-0.39, 0.29) is 17.4 Å². The molecule has 1 fully saturated rings. The molecule has 0 radical (unpaired) electrons. The van der Waals surface area contributed by atoms with Crippen LogP contribution in [0.25, 0.3) is 11.1 Å². The molecule has 1 aliphatic heterocycles. The van der Waals surface area contributed by atoms with Gasteiger partial charge in [0.05, 0.1) is 13.2 Å². The van der Waals surface area contributed by atoms with E-state index >= 15 is 0 Å². The Morgan fingerprint density at radius 1 is 1.06 bits per heavy atom. The van der Waals surface area contributed by atoms with Gasteiger partial charge in [-0.3, -0.25) is 14.5 Å². The van der Waals surface area contributed by atoms with Crippen LogP contribution < -0.4 is 16.8 Å². The summed E-state index contributed by atoms with van der Waals surface area (Å²) < 4.78 is 5.34. The van der Waals surface area contributed by atoms with Crippen molar-refractivity contribution >= 4 is 41.0 Å². The Hall–Kier alpha value is -2.65. The summed E-state index contributed by atoms with van der Waals surface area (Å²) in [6.45, 7) is 4.63. The van der Waals surface area contributed by atoms with Gasteiger partial charge in [-0.25, -0.2) is 0 Å². The minimum Gasteiger partial charge on any atom is -0.379 e. The van der Waals surface area contributed by atoms with E-state index in [9.17, 15) is 9.59 Å². The first-order valence-electron chi connectivity index (χ1n) is 10.2. The Morgan fingerprint density at radius 3 is 2.50 bits per heavy atom. The number of halogens is 2. The predicted octanol–water partition coefficient (Wildman–Crippen LogP) is 2.53. The van der Waals surface area contributed by atoms with Crippen LogP contribution in [0.2, 0.25) is 10.0 Å². The summed E-state index contributed by atoms with van der Waals surface area (Å²) in [4.78, 5) is 31.1. The fraction of sp³-hybridized carbons (Fsp3) is 0.318. The van der Waals surface area contributed by atoms with E-state index in [2.05, 4.69) is 15.2 Å². The maximum absolute atomic E-state index is 12.8. The van der Waals surface area contributed by atoms with Crippen molar-refractivity contribution in [3.05, 3.63) is 57.6 Å². The zero-order chi connectivity index (χ0) is 23.1. The number of aliphatic imine (C=N–C) groups is 1. The van der Waals surface area contributed by atoms with Crippen LogP contribution >= 0.6 is 23.2 Å². The van der Waals surface area contributed by atoms with Crippen LogP contribution in [0.3, 0.4) is 0 Å². The summed E-state index contributed by atoms with van der Waals surface area (Å²) in [6, 6.07) is 9.65. The topological polar surface area (TPSA) is 123 Å². The molecule has 0 spiro atoms. The van der Waals surface area contributed by atoms with Crippen LogP contribution in [-0.4, -0.2) is 62.1 Å². The van der Waals surface area contributed by atoms with Gasteiger partial charge in [0, 0.05) is 46.4 Å². The Balaban J connectivity index is 1.80. The van der Waals surface area contributed by atoms with E-state index < -0.39 is 5.91 Å². The van der Waals surface area contributed by atoms with Gasteiger partial charge in [0.1, 0.15) is 0 Å². The van der Waals surface area contributed by atoms with E-state index in [1.165, 1.54) is 6.07 Å². The zero-order valence-corrected chi connectivity index (χ0v) is 19.0. The van der Waals surface area contributed by atoms with Gasteiger partial charge < -0.3 is 21.5 Å². The number of guanidine groups is 1. The Labute approximate surface area is 196 Å². The third-order valence-corrected chi connectivity index (χ3v) is 5.52. The maximum Gasteiger partial charge on any atom is 0.280 e. The molecule has 3 rings (SSSR count). The number of amides is 2. The second kappa shape index (κ2) is 11.3. The first-order valence-corrected chi connectivity index (χ1v) is 10.9. The highest BCUT2D eigenvalue weighted by atomic mass is 35.5. The number of benzene rings is 2. The summed E-state index contributed by atoms with van der Waals surface area (Å²) >= 11 is 12.4. The van der Waals surface area contributed by atoms with Crippen molar-refractivity contribution in [2.45, 2.75) is 6.42 Å². The minimum atomic E-state index is -0.661. The summed E-state index contributed by atoms with van der Waals surface area (Å²) in [5.74, 6) is -1.34. The molecule has 1 heterocycles. The zero-order valence-electron chi connectivity index (χ0n) is 17.4. The third-order valence-electron chi connectivity index (χ3n) is 4.95. The van der Waals surface area contributed by atoms with Gasteiger partial charge in [0.15, 0.2) is 5.96 Å². The van der Waals surface area contributed by atoms with Crippen molar-refractivity contribution < 1.29 is 14.3 Å². The van der Waals surface area contributed by atoms with Gasteiger partial charge in [0.25, 0.3) is 11.8 Å². The molecule has 0 bridgehead atoms. The molecule has 0 atom stereocenters. The molecule has 5 N–H and O–H groups in total. The highest BCUT2D eigenvalue weighted by Gasteiger charge is 2.16. The van der Waals surface area contributed by atoms with Crippen molar-refractivity contribution in [2.24, 2.45) is 16.5 Å². The number of nitrogens with two attached hydrogens (primary N) is 2. The summed E-state index contributed by atoms with van der Waals surface area (Å²) in [5, 5.41) is 3.80. The quantitative estimate of drug-likeness (QED) is 0.319. The number of carbonyl (C=O) groups excluding carboxylic acids is 2. The molecule has 32 heavy (non-hydrogen) atoms. The van der Waals surface area contributed by atoms with E-state index in [1.54, 1.807) is 30.3 Å². The summed E-state index contributed by atoms with van der Waals surface area (Å²) in [7, 11) is 0. The maximum atomic E-state index is 12.8. The Kier molecular flexibility index (Phi) is 8.46. The van der Waals surface area contributed by atoms with E-state index in [0.717, 1.165) is 39.3 Å². The van der Waals surface area contributed by atoms with E-state index in [1.807, 2.05) is 0 Å². The van der Waals surface area contributed by atoms with Crippen LogP contribution in [0.5, 0.6) is 0 Å². The molecule has 2 aromatic carbocycles. The molecule has 2 amide bonds. The average Bonchev–Trinajstić information content (AvgIpc) is 2.78. The van der Waals surface area contributed by atoms with Crippen molar-refractivity contribution in [1.82, 2.24) is 10.2 Å². The SMILES string of the molecule is NC(N)=NC(=O)c1cc(C(=O)NCCCN2CCOCC2)cc(-c2cc(Cl)ccc2Cl)c1. The fourth-order valence-electron chi connectivity index (χ4n) is 3.37. The Morgan fingerprint density at radius 2 is 1.78 bits per heavy atom. The van der Waals surface area contributed by atoms with Gasteiger partial charge in [-0.05, 0) is 54.9 Å². The smallest absolute Gasteiger partial charge is 0.280 e. The second-order valence-electron chi connectivity index (χ2n) is 7.33. The molecule has 170 valence electrons. The number of hydrogen-bond donors (Lipinski definition) is 3. The number of ether oxygens (including phenoxy) is 1. The molecular formula is C22H25Cl2N5O3. The molecule has 0 unspecified atom stereocenters. The number of hydrogen-bond acceptors (Lipinski definition) is 4. The molecule has 10 heteroatoms. The molecule has 1 aliphatic rings. The number of morpholine rings is 1. The molecule has 0 saturated carbocycles. The van der Waals surface area contributed by atoms with Crippen LogP contribution in [0.4, 0.5) is 0 Å². The third kappa shape index (κ3) is 6.67. The number of nitrogens with zero attached hydrogens (tertiary/aromatic N) is 2. The molecular weight excluding hydrogens is 453 g/mol. The molecule has 0 aromatic heterocycles. The monoisotopic (exact) mass is 477 g/mol. The van der Waals surface area contributed by atoms with Gasteiger partial charge >= 0.3 is 0 Å². The highest BCUT2D eigenvalue weighted by Crippen LogP contribution is 2.32. The van der Waals surface area contributed by atoms with E-state index in [4.69, 9.17) is 39.4 Å². The molecule has 0 aliphatic carbocycles. The normalized spacial score (nSPS) is 14.1. The lowest BCUT2D eigenvalue weighted by Crippen LogP contribution is -2.38. The minimum absolute atomic E-state index is 0.158. The van der Waals surface area contributed by atoms with Gasteiger partial charge in [-0.15, -0.1) is 0 Å². The number of carbonyl (C=O) groups is 2.